The van der Waals surface area contributed by atoms with Gasteiger partial charge in [-0.3, -0.25) is 0 Å². The number of carbonyl (C=O) groups excluding carboxylic acids is 1. The number of methoxy groups -OCH3 is 1. The second-order valence-electron chi connectivity index (χ2n) is 3.04. The van der Waals surface area contributed by atoms with Gasteiger partial charge in [-0.2, -0.15) is 0 Å². The van der Waals surface area contributed by atoms with Crippen molar-refractivity contribution in [3.05, 3.63) is 41.2 Å². The number of rotatable bonds is 2. The minimum Gasteiger partial charge on any atom is -0.464 e. The summed E-state index contributed by atoms with van der Waals surface area (Å²) in [6.07, 6.45) is 0. The molecule has 2 rings (SSSR count). The maximum atomic E-state index is 12.7. The average Bonchev–Trinajstić information content (AvgIpc) is 2.78. The summed E-state index contributed by atoms with van der Waals surface area (Å²) in [7, 11) is 1.30. The molecule has 82 valence electrons. The van der Waals surface area contributed by atoms with Crippen molar-refractivity contribution in [3.63, 3.8) is 0 Å². The highest BCUT2D eigenvalue weighted by molar-refractivity contribution is 7.13. The minimum atomic E-state index is -0.468. The zero-order chi connectivity index (χ0) is 11.5. The summed E-state index contributed by atoms with van der Waals surface area (Å²) in [5.41, 5.74) is 1.05. The van der Waals surface area contributed by atoms with Gasteiger partial charge >= 0.3 is 5.97 Å². The summed E-state index contributed by atoms with van der Waals surface area (Å²) in [6, 6.07) is 5.95. The van der Waals surface area contributed by atoms with Crippen molar-refractivity contribution in [3.8, 4) is 10.6 Å². The number of carbonyl (C=O) groups is 1. The van der Waals surface area contributed by atoms with Crippen LogP contribution in [0.1, 0.15) is 10.5 Å². The number of thiazole rings is 1. The number of aromatic nitrogens is 1. The summed E-state index contributed by atoms with van der Waals surface area (Å²) < 4.78 is 17.2. The smallest absolute Gasteiger partial charge is 0.357 e. The first-order valence-electron chi connectivity index (χ1n) is 4.50. The highest BCUT2D eigenvalue weighted by Gasteiger charge is 2.11. The molecule has 16 heavy (non-hydrogen) atoms. The van der Waals surface area contributed by atoms with Gasteiger partial charge in [0, 0.05) is 10.9 Å². The molecule has 0 unspecified atom stereocenters. The number of benzene rings is 1. The van der Waals surface area contributed by atoms with Crippen LogP contribution in [0.2, 0.25) is 0 Å². The number of ether oxygens (including phenoxy) is 1. The first-order chi connectivity index (χ1) is 7.70. The van der Waals surface area contributed by atoms with E-state index in [1.165, 1.54) is 30.6 Å². The van der Waals surface area contributed by atoms with Crippen LogP contribution < -0.4 is 0 Å². The van der Waals surface area contributed by atoms with E-state index in [-0.39, 0.29) is 11.5 Å². The largest absolute Gasteiger partial charge is 0.464 e. The molecule has 1 heterocycles. The van der Waals surface area contributed by atoms with Crippen LogP contribution in [0.4, 0.5) is 4.39 Å². The lowest BCUT2D eigenvalue weighted by atomic mass is 10.2. The Morgan fingerprint density at radius 3 is 2.69 bits per heavy atom. The SMILES string of the molecule is COC(=O)c1csc(-c2ccc(F)cc2)n1. The summed E-state index contributed by atoms with van der Waals surface area (Å²) >= 11 is 1.32. The molecule has 1 aromatic heterocycles. The van der Waals surface area contributed by atoms with E-state index < -0.39 is 5.97 Å². The Bertz CT molecular complexity index is 507. The van der Waals surface area contributed by atoms with E-state index in [9.17, 15) is 9.18 Å². The highest BCUT2D eigenvalue weighted by atomic mass is 32.1. The average molecular weight is 237 g/mol. The Kier molecular flexibility index (Phi) is 2.96. The van der Waals surface area contributed by atoms with E-state index in [2.05, 4.69) is 9.72 Å². The number of hydrogen-bond donors (Lipinski definition) is 0. The van der Waals surface area contributed by atoms with Crippen molar-refractivity contribution >= 4 is 17.3 Å². The Hall–Kier alpha value is -1.75. The van der Waals surface area contributed by atoms with E-state index in [0.29, 0.717) is 5.01 Å². The molecular formula is C11H8FNO2S. The van der Waals surface area contributed by atoms with Crippen LogP contribution >= 0.6 is 11.3 Å². The predicted molar refractivity (Wildman–Crippen MR) is 58.8 cm³/mol. The molecule has 0 atom stereocenters. The molecule has 0 saturated carbocycles. The van der Waals surface area contributed by atoms with Crippen molar-refractivity contribution in [1.29, 1.82) is 0 Å². The van der Waals surface area contributed by atoms with Gasteiger partial charge in [0.05, 0.1) is 7.11 Å². The monoisotopic (exact) mass is 237 g/mol. The standard InChI is InChI=1S/C11H8FNO2S/c1-15-11(14)9-6-16-10(13-9)7-2-4-8(12)5-3-7/h2-6H,1H3. The van der Waals surface area contributed by atoms with Gasteiger partial charge in [-0.05, 0) is 24.3 Å². The Morgan fingerprint density at radius 2 is 2.06 bits per heavy atom. The molecule has 1 aromatic carbocycles. The van der Waals surface area contributed by atoms with Crippen LogP contribution in [0.15, 0.2) is 29.6 Å². The maximum absolute atomic E-state index is 12.7. The summed E-state index contributed by atoms with van der Waals surface area (Å²) in [5.74, 6) is -0.766. The van der Waals surface area contributed by atoms with E-state index in [4.69, 9.17) is 0 Å². The van der Waals surface area contributed by atoms with Gasteiger partial charge in [-0.15, -0.1) is 11.3 Å². The van der Waals surface area contributed by atoms with Gasteiger partial charge in [0.1, 0.15) is 10.8 Å². The van der Waals surface area contributed by atoms with Crippen molar-refractivity contribution < 1.29 is 13.9 Å². The third-order valence-electron chi connectivity index (χ3n) is 1.99. The first-order valence-corrected chi connectivity index (χ1v) is 5.38. The minimum absolute atomic E-state index is 0.270. The molecule has 0 bridgehead atoms. The summed E-state index contributed by atoms with van der Waals surface area (Å²) in [6.45, 7) is 0. The summed E-state index contributed by atoms with van der Waals surface area (Å²) in [5, 5.41) is 2.28. The highest BCUT2D eigenvalue weighted by Crippen LogP contribution is 2.23. The first kappa shape index (κ1) is 10.8. The summed E-state index contributed by atoms with van der Waals surface area (Å²) in [4.78, 5) is 15.3. The molecule has 3 nitrogen and oxygen atoms in total. The van der Waals surface area contributed by atoms with Gasteiger partial charge in [-0.1, -0.05) is 0 Å². The lowest BCUT2D eigenvalue weighted by Crippen LogP contribution is -2.00. The van der Waals surface area contributed by atoms with Crippen molar-refractivity contribution in [2.75, 3.05) is 7.11 Å². The van der Waals surface area contributed by atoms with E-state index in [1.807, 2.05) is 0 Å². The van der Waals surface area contributed by atoms with Gasteiger partial charge < -0.3 is 4.74 Å². The fourth-order valence-corrected chi connectivity index (χ4v) is 1.99. The molecule has 0 aliphatic carbocycles. The van der Waals surface area contributed by atoms with Crippen LogP contribution in [-0.4, -0.2) is 18.1 Å². The zero-order valence-electron chi connectivity index (χ0n) is 8.44. The molecule has 0 aliphatic rings. The molecule has 0 spiro atoms. The van der Waals surface area contributed by atoms with Crippen molar-refractivity contribution in [2.24, 2.45) is 0 Å². The number of halogens is 1. The Labute approximate surface area is 95.5 Å². The molecule has 0 N–H and O–H groups in total. The molecule has 2 aromatic rings. The van der Waals surface area contributed by atoms with Crippen LogP contribution in [0.5, 0.6) is 0 Å². The van der Waals surface area contributed by atoms with Crippen LogP contribution in [0.25, 0.3) is 10.6 Å². The molecule has 0 aliphatic heterocycles. The van der Waals surface area contributed by atoms with Crippen molar-refractivity contribution in [2.45, 2.75) is 0 Å². The zero-order valence-corrected chi connectivity index (χ0v) is 9.25. The quantitative estimate of drug-likeness (QED) is 0.754. The number of esters is 1. The third kappa shape index (κ3) is 2.09. The van der Waals surface area contributed by atoms with Gasteiger partial charge in [-0.25, -0.2) is 14.2 Å². The molecule has 0 saturated heterocycles. The molecular weight excluding hydrogens is 229 g/mol. The lowest BCUT2D eigenvalue weighted by Gasteiger charge is -1.95. The predicted octanol–water partition coefficient (Wildman–Crippen LogP) is 2.74. The Morgan fingerprint density at radius 1 is 1.38 bits per heavy atom. The normalized spacial score (nSPS) is 10.1. The second-order valence-corrected chi connectivity index (χ2v) is 3.89. The van der Waals surface area contributed by atoms with E-state index >= 15 is 0 Å². The van der Waals surface area contributed by atoms with Crippen LogP contribution in [-0.2, 0) is 4.74 Å². The fourth-order valence-electron chi connectivity index (χ4n) is 1.20. The number of hydrogen-bond acceptors (Lipinski definition) is 4. The van der Waals surface area contributed by atoms with Gasteiger partial charge in [0.15, 0.2) is 5.69 Å². The van der Waals surface area contributed by atoms with Gasteiger partial charge in [0.25, 0.3) is 0 Å². The molecule has 0 radical (unpaired) electrons. The topological polar surface area (TPSA) is 39.2 Å². The lowest BCUT2D eigenvalue weighted by molar-refractivity contribution is 0.0595. The molecule has 0 fully saturated rings. The third-order valence-corrected chi connectivity index (χ3v) is 2.88. The van der Waals surface area contributed by atoms with E-state index in [1.54, 1.807) is 17.5 Å². The van der Waals surface area contributed by atoms with Crippen LogP contribution in [0, 0.1) is 5.82 Å². The Balaban J connectivity index is 2.31. The van der Waals surface area contributed by atoms with E-state index in [0.717, 1.165) is 5.56 Å². The molecule has 5 heteroatoms. The fraction of sp³-hybridized carbons (Fsp3) is 0.0909. The van der Waals surface area contributed by atoms with Crippen molar-refractivity contribution in [1.82, 2.24) is 4.98 Å². The maximum Gasteiger partial charge on any atom is 0.357 e. The van der Waals surface area contributed by atoms with Crippen LogP contribution in [0.3, 0.4) is 0 Å². The second kappa shape index (κ2) is 4.40. The molecule has 0 amide bonds. The number of nitrogens with zero attached hydrogens (tertiary/aromatic N) is 1. The van der Waals surface area contributed by atoms with Gasteiger partial charge in [0.2, 0.25) is 0 Å².